The zero-order valence-electron chi connectivity index (χ0n) is 11.9. The van der Waals surface area contributed by atoms with Crippen LogP contribution < -0.4 is 0 Å². The van der Waals surface area contributed by atoms with Gasteiger partial charge in [-0.05, 0) is 29.7 Å². The van der Waals surface area contributed by atoms with E-state index in [1.165, 1.54) is 16.0 Å². The highest BCUT2D eigenvalue weighted by Crippen LogP contribution is 2.37. The van der Waals surface area contributed by atoms with Crippen LogP contribution in [0.2, 0.25) is 0 Å². The Balaban J connectivity index is 1.84. The third-order valence-corrected chi connectivity index (χ3v) is 4.72. The first kappa shape index (κ1) is 14.0. The second-order valence-corrected chi connectivity index (χ2v) is 6.30. The van der Waals surface area contributed by atoms with Crippen molar-refractivity contribution in [2.75, 3.05) is 0 Å². The highest BCUT2D eigenvalue weighted by atomic mass is 32.2. The van der Waals surface area contributed by atoms with Crippen molar-refractivity contribution in [2.45, 2.75) is 16.6 Å². The Morgan fingerprint density at radius 2 is 1.14 bits per heavy atom. The molecule has 0 aliphatic carbocycles. The molecule has 3 aromatic rings. The maximum atomic E-state index is 2.23. The van der Waals surface area contributed by atoms with Gasteiger partial charge >= 0.3 is 0 Å². The van der Waals surface area contributed by atoms with Crippen LogP contribution in [0.4, 0.5) is 0 Å². The van der Waals surface area contributed by atoms with Gasteiger partial charge in [-0.3, -0.25) is 0 Å². The van der Waals surface area contributed by atoms with Gasteiger partial charge in [0.05, 0.1) is 0 Å². The Kier molecular flexibility index (Phi) is 4.75. The summed E-state index contributed by atoms with van der Waals surface area (Å²) in [5.74, 6) is 0. The monoisotopic (exact) mass is 290 g/mol. The van der Waals surface area contributed by atoms with Crippen molar-refractivity contribution in [3.05, 3.63) is 102 Å². The van der Waals surface area contributed by atoms with Crippen LogP contribution in [-0.2, 0) is 6.42 Å². The van der Waals surface area contributed by atoms with Gasteiger partial charge < -0.3 is 0 Å². The molecule has 21 heavy (non-hydrogen) atoms. The molecule has 1 atom stereocenters. The van der Waals surface area contributed by atoms with Crippen molar-refractivity contribution in [2.24, 2.45) is 0 Å². The third kappa shape index (κ3) is 3.99. The van der Waals surface area contributed by atoms with Crippen LogP contribution in [0, 0.1) is 0 Å². The van der Waals surface area contributed by atoms with Crippen molar-refractivity contribution in [1.82, 2.24) is 0 Å². The maximum Gasteiger partial charge on any atom is 0.0384 e. The number of rotatable bonds is 5. The lowest BCUT2D eigenvalue weighted by Gasteiger charge is -2.17. The minimum absolute atomic E-state index is 0.441. The largest absolute Gasteiger partial charge is 0.118 e. The summed E-state index contributed by atoms with van der Waals surface area (Å²) in [6.07, 6.45) is 1.05. The molecule has 0 saturated heterocycles. The fourth-order valence-corrected chi connectivity index (χ4v) is 3.60. The van der Waals surface area contributed by atoms with Gasteiger partial charge in [0.2, 0.25) is 0 Å². The molecule has 0 nitrogen and oxygen atoms in total. The second kappa shape index (κ2) is 7.14. The Morgan fingerprint density at radius 1 is 0.619 bits per heavy atom. The highest BCUT2D eigenvalue weighted by molar-refractivity contribution is 7.99. The van der Waals surface area contributed by atoms with Crippen LogP contribution in [0.5, 0.6) is 0 Å². The Bertz CT molecular complexity index is 606. The van der Waals surface area contributed by atoms with E-state index >= 15 is 0 Å². The molecular formula is C20H18S. The Hall–Kier alpha value is -1.99. The molecule has 0 aliphatic rings. The molecule has 3 rings (SSSR count). The average molecular weight is 290 g/mol. The molecule has 0 fully saturated rings. The van der Waals surface area contributed by atoms with E-state index < -0.39 is 0 Å². The van der Waals surface area contributed by atoms with E-state index in [9.17, 15) is 0 Å². The first-order valence-electron chi connectivity index (χ1n) is 7.22. The van der Waals surface area contributed by atoms with Gasteiger partial charge in [0.15, 0.2) is 0 Å². The van der Waals surface area contributed by atoms with Gasteiger partial charge in [-0.2, -0.15) is 0 Å². The summed E-state index contributed by atoms with van der Waals surface area (Å²) in [7, 11) is 0. The van der Waals surface area contributed by atoms with E-state index in [2.05, 4.69) is 91.0 Å². The molecule has 1 heteroatoms. The SMILES string of the molecule is c1ccc(CC(Sc2ccccc2)c2ccccc2)cc1. The molecule has 0 aromatic heterocycles. The summed E-state index contributed by atoms with van der Waals surface area (Å²) in [4.78, 5) is 1.32. The number of benzene rings is 3. The molecule has 0 radical (unpaired) electrons. The lowest BCUT2D eigenvalue weighted by molar-refractivity contribution is 0.931. The van der Waals surface area contributed by atoms with Crippen LogP contribution >= 0.6 is 11.8 Å². The number of hydrogen-bond acceptors (Lipinski definition) is 1. The summed E-state index contributed by atoms with van der Waals surface area (Å²) < 4.78 is 0. The van der Waals surface area contributed by atoms with Crippen LogP contribution in [0.25, 0.3) is 0 Å². The molecule has 0 aliphatic heterocycles. The summed E-state index contributed by atoms with van der Waals surface area (Å²) in [5.41, 5.74) is 2.77. The van der Waals surface area contributed by atoms with Crippen LogP contribution in [-0.4, -0.2) is 0 Å². The second-order valence-electron chi connectivity index (χ2n) is 5.02. The number of thioether (sulfide) groups is 1. The van der Waals surface area contributed by atoms with E-state index in [0.717, 1.165) is 6.42 Å². The van der Waals surface area contributed by atoms with Gasteiger partial charge in [-0.1, -0.05) is 78.9 Å². The van der Waals surface area contributed by atoms with Crippen molar-refractivity contribution in [1.29, 1.82) is 0 Å². The van der Waals surface area contributed by atoms with Gasteiger partial charge in [0.1, 0.15) is 0 Å². The highest BCUT2D eigenvalue weighted by Gasteiger charge is 2.13. The fourth-order valence-electron chi connectivity index (χ4n) is 2.39. The summed E-state index contributed by atoms with van der Waals surface area (Å²) >= 11 is 1.94. The summed E-state index contributed by atoms with van der Waals surface area (Å²) in [5, 5.41) is 0.441. The predicted octanol–water partition coefficient (Wildman–Crippen LogP) is 5.76. The maximum absolute atomic E-state index is 2.23. The molecule has 3 aromatic carbocycles. The summed E-state index contributed by atoms with van der Waals surface area (Å²) in [6.45, 7) is 0. The van der Waals surface area contributed by atoms with Crippen molar-refractivity contribution < 1.29 is 0 Å². The van der Waals surface area contributed by atoms with Crippen molar-refractivity contribution >= 4 is 11.8 Å². The van der Waals surface area contributed by atoms with E-state index in [1.54, 1.807) is 0 Å². The van der Waals surface area contributed by atoms with E-state index in [1.807, 2.05) is 11.8 Å². The smallest absolute Gasteiger partial charge is 0.0384 e. The molecule has 0 amide bonds. The first-order chi connectivity index (χ1) is 10.4. The van der Waals surface area contributed by atoms with Gasteiger partial charge in [0.25, 0.3) is 0 Å². The standard InChI is InChI=1S/C20H18S/c1-4-10-17(11-5-1)16-20(18-12-6-2-7-13-18)21-19-14-8-3-9-15-19/h1-15,20H,16H2. The average Bonchev–Trinajstić information content (AvgIpc) is 2.57. The quantitative estimate of drug-likeness (QED) is 0.538. The van der Waals surface area contributed by atoms with Gasteiger partial charge in [-0.15, -0.1) is 11.8 Å². The zero-order valence-corrected chi connectivity index (χ0v) is 12.7. The lowest BCUT2D eigenvalue weighted by atomic mass is 10.0. The van der Waals surface area contributed by atoms with Crippen LogP contribution in [0.15, 0.2) is 95.9 Å². The summed E-state index contributed by atoms with van der Waals surface area (Å²) in [6, 6.07) is 32.2. The molecule has 104 valence electrons. The molecule has 0 saturated carbocycles. The lowest BCUT2D eigenvalue weighted by Crippen LogP contribution is -1.99. The topological polar surface area (TPSA) is 0 Å². The molecule has 0 heterocycles. The molecule has 1 unspecified atom stereocenters. The Labute approximate surface area is 130 Å². The Morgan fingerprint density at radius 3 is 1.76 bits per heavy atom. The van der Waals surface area contributed by atoms with Crippen molar-refractivity contribution in [3.8, 4) is 0 Å². The first-order valence-corrected chi connectivity index (χ1v) is 8.10. The molecule has 0 bridgehead atoms. The minimum atomic E-state index is 0.441. The molecular weight excluding hydrogens is 272 g/mol. The third-order valence-electron chi connectivity index (χ3n) is 3.46. The predicted molar refractivity (Wildman–Crippen MR) is 91.6 cm³/mol. The van der Waals surface area contributed by atoms with E-state index in [-0.39, 0.29) is 0 Å². The van der Waals surface area contributed by atoms with E-state index in [4.69, 9.17) is 0 Å². The number of hydrogen-bond donors (Lipinski definition) is 0. The normalized spacial score (nSPS) is 12.0. The fraction of sp³-hybridized carbons (Fsp3) is 0.100. The van der Waals surface area contributed by atoms with E-state index in [0.29, 0.717) is 5.25 Å². The minimum Gasteiger partial charge on any atom is -0.118 e. The van der Waals surface area contributed by atoms with Crippen LogP contribution in [0.1, 0.15) is 16.4 Å². The van der Waals surface area contributed by atoms with Gasteiger partial charge in [0, 0.05) is 10.1 Å². The molecule has 0 N–H and O–H groups in total. The van der Waals surface area contributed by atoms with Gasteiger partial charge in [-0.25, -0.2) is 0 Å². The molecule has 0 spiro atoms. The van der Waals surface area contributed by atoms with Crippen LogP contribution in [0.3, 0.4) is 0 Å². The van der Waals surface area contributed by atoms with Crippen molar-refractivity contribution in [3.63, 3.8) is 0 Å². The zero-order chi connectivity index (χ0) is 14.3.